The number of aliphatic hydroxyl groups is 2. The van der Waals surface area contributed by atoms with Gasteiger partial charge in [-0.15, -0.1) is 0 Å². The number of nitrogens with two attached hydrogens (primary N) is 1. The van der Waals surface area contributed by atoms with Crippen LogP contribution in [0.4, 0.5) is 10.2 Å². The van der Waals surface area contributed by atoms with Crippen molar-refractivity contribution in [2.24, 2.45) is 0 Å². The van der Waals surface area contributed by atoms with E-state index in [1.165, 1.54) is 19.1 Å². The van der Waals surface area contributed by atoms with Crippen LogP contribution in [0.1, 0.15) is 66.2 Å². The van der Waals surface area contributed by atoms with Gasteiger partial charge in [0.1, 0.15) is 17.3 Å². The molecule has 184 valence electrons. The summed E-state index contributed by atoms with van der Waals surface area (Å²) in [7, 11) is 0. The minimum atomic E-state index is -0.932. The minimum Gasteiger partial charge on any atom is -0.393 e. The Kier molecular flexibility index (Phi) is 7.64. The Morgan fingerprint density at radius 2 is 1.94 bits per heavy atom. The average Bonchev–Trinajstić information content (AvgIpc) is 2.83. The van der Waals surface area contributed by atoms with Crippen molar-refractivity contribution < 1.29 is 19.4 Å². The van der Waals surface area contributed by atoms with Gasteiger partial charge in [-0.1, -0.05) is 29.8 Å². The van der Waals surface area contributed by atoms with Gasteiger partial charge in [0.2, 0.25) is 0 Å². The second-order valence-electron chi connectivity index (χ2n) is 8.98. The van der Waals surface area contributed by atoms with Gasteiger partial charge >= 0.3 is 0 Å². The zero-order chi connectivity index (χ0) is 25.1. The first kappa shape index (κ1) is 25.0. The van der Waals surface area contributed by atoms with Crippen LogP contribution in [0.3, 0.4) is 0 Å². The molecule has 0 spiro atoms. The molecule has 2 aromatic carbocycles. The molecule has 0 bridgehead atoms. The third kappa shape index (κ3) is 5.78. The van der Waals surface area contributed by atoms with E-state index in [4.69, 9.17) is 17.3 Å². The molecule has 0 unspecified atom stereocenters. The van der Waals surface area contributed by atoms with Crippen LogP contribution in [0.25, 0.3) is 11.3 Å². The molecule has 35 heavy (non-hydrogen) atoms. The third-order valence-electron chi connectivity index (χ3n) is 6.40. The van der Waals surface area contributed by atoms with Gasteiger partial charge in [-0.25, -0.2) is 14.4 Å². The molecule has 1 saturated carbocycles. The Morgan fingerprint density at radius 1 is 1.20 bits per heavy atom. The highest BCUT2D eigenvalue weighted by molar-refractivity contribution is 6.30. The zero-order valence-corrected chi connectivity index (χ0v) is 20.0. The summed E-state index contributed by atoms with van der Waals surface area (Å²) in [6, 6.07) is 10.1. The molecular weight excluding hydrogens is 471 g/mol. The number of hydrogen-bond donors (Lipinski definition) is 4. The number of halogens is 2. The summed E-state index contributed by atoms with van der Waals surface area (Å²) in [5.41, 5.74) is 7.98. The summed E-state index contributed by atoms with van der Waals surface area (Å²) in [4.78, 5) is 21.8. The fourth-order valence-corrected chi connectivity index (χ4v) is 4.64. The van der Waals surface area contributed by atoms with Crippen LogP contribution >= 0.6 is 11.6 Å². The Balaban J connectivity index is 1.56. The topological polar surface area (TPSA) is 121 Å². The van der Waals surface area contributed by atoms with Crippen molar-refractivity contribution in [3.05, 3.63) is 76.3 Å². The third-order valence-corrected chi connectivity index (χ3v) is 6.63. The predicted octanol–water partition coefficient (Wildman–Crippen LogP) is 4.39. The summed E-state index contributed by atoms with van der Waals surface area (Å²) in [6.45, 7) is 1.53. The van der Waals surface area contributed by atoms with Crippen molar-refractivity contribution in [2.75, 3.05) is 5.73 Å². The van der Waals surface area contributed by atoms with Crippen molar-refractivity contribution in [1.82, 2.24) is 15.3 Å². The summed E-state index contributed by atoms with van der Waals surface area (Å²) in [5.74, 6) is -1.10. The molecule has 3 aromatic rings. The Bertz CT molecular complexity index is 1210. The summed E-state index contributed by atoms with van der Waals surface area (Å²) in [5, 5.41) is 23.1. The first-order valence-electron chi connectivity index (χ1n) is 11.6. The average molecular weight is 499 g/mol. The number of aromatic nitrogens is 2. The van der Waals surface area contributed by atoms with Crippen molar-refractivity contribution in [3.63, 3.8) is 0 Å². The number of aliphatic hydroxyl groups excluding tert-OH is 2. The number of nitrogen functional groups attached to an aromatic ring is 1. The van der Waals surface area contributed by atoms with Crippen molar-refractivity contribution in [3.8, 4) is 11.3 Å². The standard InChI is InChI=1S/C26H28ClFN4O3/c1-14(33)23(16-3-2-4-18(27)11-16)32-26(35)20-10-7-17(12-21(20)28)24-25(29)30-13-22(31-24)15-5-8-19(34)9-6-15/h2-4,7,10-15,19,23,33-34H,5-6,8-9H2,1H3,(H2,29,30)(H,32,35)/t14-,15?,19?,23-/m1/s1. The largest absolute Gasteiger partial charge is 0.393 e. The first-order valence-corrected chi connectivity index (χ1v) is 12.0. The van der Waals surface area contributed by atoms with E-state index in [-0.39, 0.29) is 23.4 Å². The molecule has 0 aliphatic heterocycles. The van der Waals surface area contributed by atoms with E-state index in [1.807, 2.05) is 0 Å². The highest BCUT2D eigenvalue weighted by Gasteiger charge is 2.25. The molecule has 5 N–H and O–H groups in total. The minimum absolute atomic E-state index is 0.157. The molecule has 2 atom stereocenters. The van der Waals surface area contributed by atoms with Crippen LogP contribution in [0.5, 0.6) is 0 Å². The lowest BCUT2D eigenvalue weighted by Crippen LogP contribution is -2.35. The van der Waals surface area contributed by atoms with Gasteiger partial charge in [-0.3, -0.25) is 4.79 Å². The number of carbonyl (C=O) groups is 1. The molecule has 1 fully saturated rings. The Morgan fingerprint density at radius 3 is 2.60 bits per heavy atom. The van der Waals surface area contributed by atoms with Crippen molar-refractivity contribution >= 4 is 23.3 Å². The molecule has 1 aliphatic carbocycles. The number of nitrogens with one attached hydrogen (secondary N) is 1. The van der Waals surface area contributed by atoms with E-state index in [1.54, 1.807) is 36.5 Å². The van der Waals surface area contributed by atoms with Crippen LogP contribution < -0.4 is 11.1 Å². The molecule has 1 aliphatic rings. The van der Waals surface area contributed by atoms with E-state index < -0.39 is 23.9 Å². The number of rotatable bonds is 6. The van der Waals surface area contributed by atoms with Gasteiger partial charge < -0.3 is 21.3 Å². The number of nitrogens with zero attached hydrogens (tertiary/aromatic N) is 2. The van der Waals surface area contributed by atoms with Gasteiger partial charge in [0.25, 0.3) is 5.91 Å². The normalized spacial score (nSPS) is 19.7. The van der Waals surface area contributed by atoms with Crippen LogP contribution in [-0.4, -0.2) is 38.3 Å². The number of hydrogen-bond acceptors (Lipinski definition) is 6. The van der Waals surface area contributed by atoms with E-state index >= 15 is 4.39 Å². The number of anilines is 1. The number of benzene rings is 2. The molecule has 7 nitrogen and oxygen atoms in total. The molecule has 4 rings (SSSR count). The first-order chi connectivity index (χ1) is 16.7. The second kappa shape index (κ2) is 10.7. The van der Waals surface area contributed by atoms with Crippen LogP contribution in [0, 0.1) is 5.82 Å². The summed E-state index contributed by atoms with van der Waals surface area (Å²) < 4.78 is 15.1. The van der Waals surface area contributed by atoms with Gasteiger partial charge in [-0.2, -0.15) is 0 Å². The maximum atomic E-state index is 15.1. The Hall–Kier alpha value is -3.07. The zero-order valence-electron chi connectivity index (χ0n) is 19.3. The van der Waals surface area contributed by atoms with Gasteiger partial charge in [0.05, 0.1) is 35.7 Å². The highest BCUT2D eigenvalue weighted by atomic mass is 35.5. The lowest BCUT2D eigenvalue weighted by atomic mass is 9.85. The van der Waals surface area contributed by atoms with Crippen LogP contribution in [0.2, 0.25) is 5.02 Å². The molecule has 0 saturated heterocycles. The number of amides is 1. The van der Waals surface area contributed by atoms with E-state index in [0.29, 0.717) is 34.7 Å². The van der Waals surface area contributed by atoms with Crippen LogP contribution in [0.15, 0.2) is 48.7 Å². The van der Waals surface area contributed by atoms with Gasteiger partial charge in [0.15, 0.2) is 0 Å². The fourth-order valence-electron chi connectivity index (χ4n) is 4.44. The molecule has 0 radical (unpaired) electrons. The SMILES string of the molecule is C[C@@H](O)[C@@H](NC(=O)c1ccc(-c2nc(C3CCC(O)CC3)cnc2N)cc1F)c1cccc(Cl)c1. The maximum absolute atomic E-state index is 15.1. The van der Waals surface area contributed by atoms with Crippen molar-refractivity contribution in [2.45, 2.75) is 56.8 Å². The quantitative estimate of drug-likeness (QED) is 0.400. The smallest absolute Gasteiger partial charge is 0.254 e. The lowest BCUT2D eigenvalue weighted by Gasteiger charge is -2.25. The predicted molar refractivity (Wildman–Crippen MR) is 132 cm³/mol. The summed E-state index contributed by atoms with van der Waals surface area (Å²) >= 11 is 6.04. The lowest BCUT2D eigenvalue weighted by molar-refractivity contribution is 0.0854. The highest BCUT2D eigenvalue weighted by Crippen LogP contribution is 2.34. The Labute approximate surface area is 208 Å². The monoisotopic (exact) mass is 498 g/mol. The van der Waals surface area contributed by atoms with E-state index in [0.717, 1.165) is 18.5 Å². The number of carbonyl (C=O) groups excluding carboxylic acids is 1. The fraction of sp³-hybridized carbons (Fsp3) is 0.346. The maximum Gasteiger partial charge on any atom is 0.254 e. The molecular formula is C26H28ClFN4O3. The molecule has 1 amide bonds. The van der Waals surface area contributed by atoms with Gasteiger partial charge in [0, 0.05) is 16.5 Å². The van der Waals surface area contributed by atoms with E-state index in [2.05, 4.69) is 15.3 Å². The second-order valence-corrected chi connectivity index (χ2v) is 9.41. The molecule has 1 heterocycles. The van der Waals surface area contributed by atoms with Crippen molar-refractivity contribution in [1.29, 1.82) is 0 Å². The molecule has 9 heteroatoms. The molecule has 1 aromatic heterocycles. The van der Waals surface area contributed by atoms with Gasteiger partial charge in [-0.05, 0) is 62.4 Å². The summed E-state index contributed by atoms with van der Waals surface area (Å²) in [6.07, 6.45) is 3.41. The van der Waals surface area contributed by atoms with E-state index in [9.17, 15) is 15.0 Å². The van der Waals surface area contributed by atoms with Crippen LogP contribution in [-0.2, 0) is 0 Å².